The number of hydrogen-bond acceptors (Lipinski definition) is 9. The zero-order chi connectivity index (χ0) is 20.7. The Morgan fingerprint density at radius 3 is 2.61 bits per heavy atom. The van der Waals surface area contributed by atoms with Gasteiger partial charge in [0, 0.05) is 13.1 Å². The van der Waals surface area contributed by atoms with Crippen LogP contribution in [0.15, 0.2) is 29.6 Å². The number of benzene rings is 1. The molecule has 0 atom stereocenters. The number of para-hydroxylation sites is 1. The normalized spacial score (nSPS) is 10.2. The number of nitrogens with one attached hydrogen (secondary N) is 1. The Balaban J connectivity index is 2.13. The van der Waals surface area contributed by atoms with Crippen molar-refractivity contribution in [3.05, 3.63) is 35.5 Å². The number of carbonyl (C=O) groups is 3. The first-order valence-electron chi connectivity index (χ1n) is 8.27. The van der Waals surface area contributed by atoms with E-state index < -0.39 is 5.97 Å². The van der Waals surface area contributed by atoms with E-state index in [9.17, 15) is 14.4 Å². The number of thioether (sulfide) groups is 1. The lowest BCUT2D eigenvalue weighted by atomic mass is 10.1. The van der Waals surface area contributed by atoms with Gasteiger partial charge in [-0.25, -0.2) is 14.8 Å². The van der Waals surface area contributed by atoms with Crippen molar-refractivity contribution in [3.8, 4) is 5.75 Å². The fourth-order valence-electron chi connectivity index (χ4n) is 2.29. The molecule has 0 aliphatic heterocycles. The molecule has 0 fully saturated rings. The molecule has 2 rings (SSSR count). The zero-order valence-electron chi connectivity index (χ0n) is 15.6. The number of ether oxygens (including phenoxy) is 2. The maximum atomic E-state index is 12.6. The minimum atomic E-state index is -0.604. The summed E-state index contributed by atoms with van der Waals surface area (Å²) in [5.74, 6) is -0.853. The van der Waals surface area contributed by atoms with Crippen LogP contribution in [0.1, 0.15) is 34.6 Å². The summed E-state index contributed by atoms with van der Waals surface area (Å²) in [5, 5.41) is 2.87. The molecule has 0 saturated heterocycles. The summed E-state index contributed by atoms with van der Waals surface area (Å²) in [5.41, 5.74) is 6.57. The maximum Gasteiger partial charge on any atom is 0.343 e. The number of anilines is 2. The predicted octanol–water partition coefficient (Wildman–Crippen LogP) is 2.18. The minimum Gasteiger partial charge on any atom is -0.494 e. The molecule has 0 radical (unpaired) electrons. The van der Waals surface area contributed by atoms with E-state index in [0.29, 0.717) is 11.3 Å². The number of esters is 1. The lowest BCUT2D eigenvalue weighted by molar-refractivity contribution is -0.114. The SMILES string of the molecule is CCOC(=O)c1cnc(SCC(=O)c2cccc(NC(C)=O)c2OC)nc1N. The molecular weight excluding hydrogens is 384 g/mol. The fourth-order valence-corrected chi connectivity index (χ4v) is 2.99. The molecule has 0 aliphatic carbocycles. The molecule has 1 aromatic heterocycles. The van der Waals surface area contributed by atoms with E-state index in [4.69, 9.17) is 15.2 Å². The van der Waals surface area contributed by atoms with E-state index in [2.05, 4.69) is 15.3 Å². The summed E-state index contributed by atoms with van der Waals surface area (Å²) in [4.78, 5) is 43.7. The number of aromatic nitrogens is 2. The average Bonchev–Trinajstić information content (AvgIpc) is 2.65. The van der Waals surface area contributed by atoms with Crippen LogP contribution in [0.5, 0.6) is 5.75 Å². The molecule has 0 saturated carbocycles. The monoisotopic (exact) mass is 404 g/mol. The zero-order valence-corrected chi connectivity index (χ0v) is 16.5. The molecule has 1 heterocycles. The van der Waals surface area contributed by atoms with Gasteiger partial charge in [0.2, 0.25) is 5.91 Å². The topological polar surface area (TPSA) is 134 Å². The van der Waals surface area contributed by atoms with Crippen molar-refractivity contribution in [2.45, 2.75) is 19.0 Å². The first kappa shape index (κ1) is 21.2. The predicted molar refractivity (Wildman–Crippen MR) is 105 cm³/mol. The summed E-state index contributed by atoms with van der Waals surface area (Å²) < 4.78 is 10.2. The Bertz CT molecular complexity index is 904. The third kappa shape index (κ3) is 5.19. The second kappa shape index (κ2) is 9.70. The number of Topliss-reactive ketones (excluding diaryl/α,β-unsaturated/α-hetero) is 1. The highest BCUT2D eigenvalue weighted by Crippen LogP contribution is 2.30. The fraction of sp³-hybridized carbons (Fsp3) is 0.278. The van der Waals surface area contributed by atoms with E-state index in [0.717, 1.165) is 11.8 Å². The van der Waals surface area contributed by atoms with Crippen LogP contribution in [0.25, 0.3) is 0 Å². The molecule has 0 spiro atoms. The van der Waals surface area contributed by atoms with Gasteiger partial charge in [0.05, 0.1) is 30.7 Å². The Labute approximate surface area is 166 Å². The van der Waals surface area contributed by atoms with Crippen LogP contribution in [0.4, 0.5) is 11.5 Å². The number of carbonyl (C=O) groups excluding carboxylic acids is 3. The summed E-state index contributed by atoms with van der Waals surface area (Å²) >= 11 is 1.06. The van der Waals surface area contributed by atoms with Gasteiger partial charge in [-0.3, -0.25) is 9.59 Å². The lowest BCUT2D eigenvalue weighted by Crippen LogP contribution is -2.12. The third-order valence-corrected chi connectivity index (χ3v) is 4.32. The van der Waals surface area contributed by atoms with E-state index in [1.807, 2.05) is 0 Å². The molecule has 1 amide bonds. The number of rotatable bonds is 8. The van der Waals surface area contributed by atoms with Crippen LogP contribution in [0.3, 0.4) is 0 Å². The van der Waals surface area contributed by atoms with Crippen molar-refractivity contribution < 1.29 is 23.9 Å². The van der Waals surface area contributed by atoms with Crippen LogP contribution in [-0.2, 0) is 9.53 Å². The third-order valence-electron chi connectivity index (χ3n) is 3.45. The van der Waals surface area contributed by atoms with E-state index in [1.54, 1.807) is 25.1 Å². The van der Waals surface area contributed by atoms with Crippen molar-refractivity contribution in [3.63, 3.8) is 0 Å². The maximum absolute atomic E-state index is 12.6. The Hall–Kier alpha value is -3.14. The average molecular weight is 404 g/mol. The summed E-state index contributed by atoms with van der Waals surface area (Å²) in [7, 11) is 1.42. The van der Waals surface area contributed by atoms with E-state index in [1.165, 1.54) is 20.2 Å². The Morgan fingerprint density at radius 2 is 2.00 bits per heavy atom. The van der Waals surface area contributed by atoms with Crippen molar-refractivity contribution in [2.24, 2.45) is 0 Å². The molecule has 2 aromatic rings. The molecule has 0 unspecified atom stereocenters. The standard InChI is InChI=1S/C18H20N4O5S/c1-4-27-17(25)12-8-20-18(22-16(12)19)28-9-14(24)11-6-5-7-13(15(11)26-3)21-10(2)23/h5-8H,4,9H2,1-3H3,(H,21,23)(H2,19,20,22). The molecule has 1 aromatic carbocycles. The first-order valence-corrected chi connectivity index (χ1v) is 9.26. The van der Waals surface area contributed by atoms with Gasteiger partial charge < -0.3 is 20.5 Å². The van der Waals surface area contributed by atoms with Gasteiger partial charge in [-0.15, -0.1) is 0 Å². The Morgan fingerprint density at radius 1 is 1.25 bits per heavy atom. The van der Waals surface area contributed by atoms with Gasteiger partial charge >= 0.3 is 5.97 Å². The lowest BCUT2D eigenvalue weighted by Gasteiger charge is -2.13. The number of methoxy groups -OCH3 is 1. The molecule has 9 nitrogen and oxygen atoms in total. The van der Waals surface area contributed by atoms with Crippen molar-refractivity contribution >= 4 is 40.9 Å². The quantitative estimate of drug-likeness (QED) is 0.294. The van der Waals surface area contributed by atoms with Crippen LogP contribution in [0, 0.1) is 0 Å². The minimum absolute atomic E-state index is 0.0120. The highest BCUT2D eigenvalue weighted by molar-refractivity contribution is 7.99. The van der Waals surface area contributed by atoms with E-state index in [-0.39, 0.29) is 46.3 Å². The van der Waals surface area contributed by atoms with E-state index >= 15 is 0 Å². The highest BCUT2D eigenvalue weighted by atomic mass is 32.2. The van der Waals surface area contributed by atoms with Gasteiger partial charge in [0.25, 0.3) is 0 Å². The van der Waals surface area contributed by atoms with Crippen molar-refractivity contribution in [1.82, 2.24) is 9.97 Å². The van der Waals surface area contributed by atoms with Gasteiger partial charge in [-0.05, 0) is 19.1 Å². The van der Waals surface area contributed by atoms with Gasteiger partial charge in [-0.1, -0.05) is 17.8 Å². The molecule has 0 bridgehead atoms. The number of amides is 1. The van der Waals surface area contributed by atoms with Crippen LogP contribution >= 0.6 is 11.8 Å². The highest BCUT2D eigenvalue weighted by Gasteiger charge is 2.18. The number of nitrogens with two attached hydrogens (primary N) is 1. The molecule has 0 aliphatic rings. The van der Waals surface area contributed by atoms with Crippen molar-refractivity contribution in [2.75, 3.05) is 30.5 Å². The smallest absolute Gasteiger partial charge is 0.343 e. The second-order valence-electron chi connectivity index (χ2n) is 5.45. The van der Waals surface area contributed by atoms with Gasteiger partial charge in [0.1, 0.15) is 11.4 Å². The van der Waals surface area contributed by atoms with Crippen LogP contribution < -0.4 is 15.8 Å². The van der Waals surface area contributed by atoms with Gasteiger partial charge in [0.15, 0.2) is 16.7 Å². The second-order valence-corrected chi connectivity index (χ2v) is 6.39. The largest absolute Gasteiger partial charge is 0.494 e. The molecule has 28 heavy (non-hydrogen) atoms. The first-order chi connectivity index (χ1) is 13.4. The number of ketones is 1. The number of nitrogen functional groups attached to an aromatic ring is 1. The summed E-state index contributed by atoms with van der Waals surface area (Å²) in [6.45, 7) is 3.26. The molecule has 3 N–H and O–H groups in total. The Kier molecular flexibility index (Phi) is 7.33. The summed E-state index contributed by atoms with van der Waals surface area (Å²) in [6, 6.07) is 4.89. The number of nitrogens with zero attached hydrogens (tertiary/aromatic N) is 2. The number of hydrogen-bond donors (Lipinski definition) is 2. The van der Waals surface area contributed by atoms with Crippen LogP contribution in [0.2, 0.25) is 0 Å². The molecule has 10 heteroatoms. The summed E-state index contributed by atoms with van der Waals surface area (Å²) in [6.07, 6.45) is 1.27. The van der Waals surface area contributed by atoms with Crippen LogP contribution in [-0.4, -0.2) is 47.1 Å². The van der Waals surface area contributed by atoms with Gasteiger partial charge in [-0.2, -0.15) is 0 Å². The van der Waals surface area contributed by atoms with Crippen molar-refractivity contribution in [1.29, 1.82) is 0 Å². The molecular formula is C18H20N4O5S. The molecule has 148 valence electrons.